The molecule has 0 aromatic heterocycles. The van der Waals surface area contributed by atoms with E-state index in [1.807, 2.05) is 60.7 Å². The normalized spacial score (nSPS) is 15.0. The van der Waals surface area contributed by atoms with E-state index in [0.29, 0.717) is 11.8 Å². The predicted octanol–water partition coefficient (Wildman–Crippen LogP) is 4.04. The number of carbonyl (C=O) groups is 1. The van der Waals surface area contributed by atoms with Crippen LogP contribution in [0.1, 0.15) is 25.3 Å². The van der Waals surface area contributed by atoms with Crippen molar-refractivity contribution < 1.29 is 4.79 Å². The fourth-order valence-electron chi connectivity index (χ4n) is 2.34. The molecule has 0 radical (unpaired) electrons. The lowest BCUT2D eigenvalue weighted by Gasteiger charge is -2.06. The van der Waals surface area contributed by atoms with Crippen molar-refractivity contribution >= 4 is 23.3 Å². The Balaban J connectivity index is 1.65. The van der Waals surface area contributed by atoms with E-state index in [-0.39, 0.29) is 6.03 Å². The number of para-hydroxylation sites is 1. The monoisotopic (exact) mass is 320 g/mol. The Bertz CT molecular complexity index is 749. The molecule has 1 saturated carbocycles. The van der Waals surface area contributed by atoms with Crippen molar-refractivity contribution in [3.63, 3.8) is 0 Å². The van der Waals surface area contributed by atoms with Crippen molar-refractivity contribution in [2.24, 2.45) is 16.1 Å². The zero-order valence-electron chi connectivity index (χ0n) is 13.6. The van der Waals surface area contributed by atoms with Gasteiger partial charge in [-0.05, 0) is 37.5 Å². The molecular formula is C19H20N4O. The maximum Gasteiger partial charge on any atom is 0.324 e. The minimum absolute atomic E-state index is 0.328. The van der Waals surface area contributed by atoms with E-state index >= 15 is 0 Å². The first kappa shape index (κ1) is 15.9. The van der Waals surface area contributed by atoms with Crippen molar-refractivity contribution in [1.29, 1.82) is 0 Å². The number of anilines is 1. The average molecular weight is 320 g/mol. The summed E-state index contributed by atoms with van der Waals surface area (Å²) in [6.45, 7) is 1.73. The van der Waals surface area contributed by atoms with Crippen molar-refractivity contribution in [1.82, 2.24) is 5.32 Å². The zero-order valence-corrected chi connectivity index (χ0v) is 13.6. The van der Waals surface area contributed by atoms with Crippen LogP contribution < -0.4 is 10.6 Å². The molecule has 2 aromatic carbocycles. The summed E-state index contributed by atoms with van der Waals surface area (Å²) in [5.41, 5.74) is 2.81. The largest absolute Gasteiger partial charge is 0.324 e. The highest BCUT2D eigenvalue weighted by Crippen LogP contribution is 2.33. The summed E-state index contributed by atoms with van der Waals surface area (Å²) in [5, 5.41) is 14.0. The molecule has 2 N–H and O–H groups in total. The lowest BCUT2D eigenvalue weighted by molar-refractivity contribution is 0.256. The van der Waals surface area contributed by atoms with E-state index < -0.39 is 0 Å². The first-order valence-corrected chi connectivity index (χ1v) is 8.03. The zero-order chi connectivity index (χ0) is 16.8. The van der Waals surface area contributed by atoms with Gasteiger partial charge >= 0.3 is 6.03 Å². The highest BCUT2D eigenvalue weighted by Gasteiger charge is 2.28. The van der Waals surface area contributed by atoms with Gasteiger partial charge in [0.05, 0.1) is 5.71 Å². The number of nitrogens with one attached hydrogen (secondary N) is 2. The van der Waals surface area contributed by atoms with Gasteiger partial charge < -0.3 is 5.32 Å². The number of hydrogen-bond acceptors (Lipinski definition) is 3. The standard InChI is InChI=1S/C19H20N4O/c1-14(20-19(24)21-17-10-6-3-7-11-17)22-23-18(16-12-13-16)15-8-4-2-5-9-15/h2-11,16H,12-13H2,1H3,(H2,20,21,22,24)/b23-18+. The molecule has 0 saturated heterocycles. The Hall–Kier alpha value is -2.95. The van der Waals surface area contributed by atoms with Crippen LogP contribution >= 0.6 is 0 Å². The van der Waals surface area contributed by atoms with Crippen LogP contribution in [0, 0.1) is 5.92 Å². The minimum atomic E-state index is -0.328. The highest BCUT2D eigenvalue weighted by molar-refractivity contribution is 6.05. The molecule has 5 nitrogen and oxygen atoms in total. The first-order valence-electron chi connectivity index (χ1n) is 8.03. The maximum atomic E-state index is 11.9. The summed E-state index contributed by atoms with van der Waals surface area (Å²) in [5.74, 6) is 0.930. The number of rotatable bonds is 4. The smallest absolute Gasteiger partial charge is 0.308 e. The number of benzene rings is 2. The fourth-order valence-corrected chi connectivity index (χ4v) is 2.34. The number of amidine groups is 1. The van der Waals surface area contributed by atoms with Crippen LogP contribution in [0.3, 0.4) is 0 Å². The third kappa shape index (κ3) is 4.52. The van der Waals surface area contributed by atoms with Gasteiger partial charge in [0.25, 0.3) is 0 Å². The number of amides is 2. The molecule has 1 aliphatic carbocycles. The van der Waals surface area contributed by atoms with Crippen molar-refractivity contribution in [3.05, 3.63) is 66.2 Å². The quantitative estimate of drug-likeness (QED) is 0.498. The van der Waals surface area contributed by atoms with Crippen LogP contribution in [-0.4, -0.2) is 17.6 Å². The van der Waals surface area contributed by atoms with Gasteiger partial charge in [-0.15, -0.1) is 5.10 Å². The molecule has 1 aliphatic rings. The molecule has 3 rings (SSSR count). The van der Waals surface area contributed by atoms with Gasteiger partial charge in [0, 0.05) is 11.6 Å². The maximum absolute atomic E-state index is 11.9. The molecule has 0 unspecified atom stereocenters. The Morgan fingerprint density at radius 2 is 1.58 bits per heavy atom. The van der Waals surface area contributed by atoms with Gasteiger partial charge in [-0.25, -0.2) is 4.79 Å². The molecule has 122 valence electrons. The molecule has 24 heavy (non-hydrogen) atoms. The van der Waals surface area contributed by atoms with Crippen molar-refractivity contribution in [2.45, 2.75) is 19.8 Å². The summed E-state index contributed by atoms with van der Waals surface area (Å²) in [4.78, 5) is 11.9. The van der Waals surface area contributed by atoms with Gasteiger partial charge in [-0.1, -0.05) is 48.5 Å². The second-order valence-electron chi connectivity index (χ2n) is 5.76. The molecule has 0 bridgehead atoms. The first-order chi connectivity index (χ1) is 11.7. The summed E-state index contributed by atoms with van der Waals surface area (Å²) in [7, 11) is 0. The van der Waals surface area contributed by atoms with Gasteiger partial charge in [0.15, 0.2) is 0 Å². The Labute approximate surface area is 141 Å². The Kier molecular flexibility index (Phi) is 5.01. The van der Waals surface area contributed by atoms with Crippen LogP contribution in [0.15, 0.2) is 70.9 Å². The summed E-state index contributed by atoms with van der Waals surface area (Å²) in [6, 6.07) is 19.0. The van der Waals surface area contributed by atoms with Crippen LogP contribution in [0.2, 0.25) is 0 Å². The molecular weight excluding hydrogens is 300 g/mol. The van der Waals surface area contributed by atoms with Crippen LogP contribution in [0.25, 0.3) is 0 Å². The second-order valence-corrected chi connectivity index (χ2v) is 5.76. The van der Waals surface area contributed by atoms with Crippen LogP contribution in [0.4, 0.5) is 10.5 Å². The van der Waals surface area contributed by atoms with E-state index in [0.717, 1.165) is 29.8 Å². The summed E-state index contributed by atoms with van der Waals surface area (Å²) in [6.07, 6.45) is 2.29. The molecule has 2 amide bonds. The van der Waals surface area contributed by atoms with Gasteiger partial charge in [0.1, 0.15) is 5.84 Å². The van der Waals surface area contributed by atoms with Gasteiger partial charge in [-0.3, -0.25) is 5.32 Å². The van der Waals surface area contributed by atoms with E-state index in [1.165, 1.54) is 0 Å². The SMILES string of the molecule is C/C(=N\N=C(/c1ccccc1)C1CC1)NC(=O)Nc1ccccc1. The third-order valence-electron chi connectivity index (χ3n) is 3.67. The van der Waals surface area contributed by atoms with Gasteiger partial charge in [0.2, 0.25) is 0 Å². The topological polar surface area (TPSA) is 65.8 Å². The predicted molar refractivity (Wildman–Crippen MR) is 97.4 cm³/mol. The number of carbonyl (C=O) groups excluding carboxylic acids is 1. The molecule has 0 atom stereocenters. The Morgan fingerprint density at radius 3 is 2.21 bits per heavy atom. The van der Waals surface area contributed by atoms with Gasteiger partial charge in [-0.2, -0.15) is 5.10 Å². The lowest BCUT2D eigenvalue weighted by atomic mass is 10.1. The highest BCUT2D eigenvalue weighted by atomic mass is 16.2. The Morgan fingerprint density at radius 1 is 0.958 bits per heavy atom. The van der Waals surface area contributed by atoms with E-state index in [9.17, 15) is 4.79 Å². The van der Waals surface area contributed by atoms with E-state index in [4.69, 9.17) is 0 Å². The fraction of sp³-hybridized carbons (Fsp3) is 0.211. The number of hydrogen-bond donors (Lipinski definition) is 2. The summed E-state index contributed by atoms with van der Waals surface area (Å²) < 4.78 is 0. The molecule has 1 fully saturated rings. The second kappa shape index (κ2) is 7.55. The van der Waals surface area contributed by atoms with E-state index in [1.54, 1.807) is 6.92 Å². The van der Waals surface area contributed by atoms with Crippen LogP contribution in [0.5, 0.6) is 0 Å². The van der Waals surface area contributed by atoms with E-state index in [2.05, 4.69) is 20.8 Å². The molecule has 0 aliphatic heterocycles. The minimum Gasteiger partial charge on any atom is -0.308 e. The molecule has 5 heteroatoms. The third-order valence-corrected chi connectivity index (χ3v) is 3.67. The lowest BCUT2D eigenvalue weighted by Crippen LogP contribution is -2.32. The van der Waals surface area contributed by atoms with Crippen molar-refractivity contribution in [2.75, 3.05) is 5.32 Å². The van der Waals surface area contributed by atoms with Crippen molar-refractivity contribution in [3.8, 4) is 0 Å². The average Bonchev–Trinajstić information content (AvgIpc) is 3.42. The number of nitrogens with zero attached hydrogens (tertiary/aromatic N) is 2. The summed E-state index contributed by atoms with van der Waals surface area (Å²) >= 11 is 0. The molecule has 0 heterocycles. The molecule has 2 aromatic rings. The molecule has 0 spiro atoms. The number of urea groups is 1. The van der Waals surface area contributed by atoms with Crippen LogP contribution in [-0.2, 0) is 0 Å².